The number of nitrogens with zero attached hydrogens (tertiary/aromatic N) is 7. The summed E-state index contributed by atoms with van der Waals surface area (Å²) in [6.45, 7) is 3.19. The van der Waals surface area contributed by atoms with Crippen molar-refractivity contribution in [2.24, 2.45) is 5.92 Å². The number of unbranched alkanes of at least 4 members (excludes halogenated alkanes) is 2. The second kappa shape index (κ2) is 11.3. The first-order valence-electron chi connectivity index (χ1n) is 13.0. The lowest BCUT2D eigenvalue weighted by Gasteiger charge is -2.19. The summed E-state index contributed by atoms with van der Waals surface area (Å²) in [5, 5.41) is 19.3. The van der Waals surface area contributed by atoms with Crippen molar-refractivity contribution in [3.63, 3.8) is 0 Å². The van der Waals surface area contributed by atoms with Gasteiger partial charge in [0.25, 0.3) is 0 Å². The maximum Gasteiger partial charge on any atom is 0.181 e. The van der Waals surface area contributed by atoms with Crippen LogP contribution in [0.5, 0.6) is 0 Å². The van der Waals surface area contributed by atoms with E-state index in [1.165, 1.54) is 50.5 Å². The molecular formula is C27H34N8. The minimum absolute atomic E-state index is 0.614. The van der Waals surface area contributed by atoms with Gasteiger partial charge in [0.2, 0.25) is 0 Å². The molecule has 5 rings (SSSR count). The molecule has 0 aliphatic heterocycles. The van der Waals surface area contributed by atoms with Crippen molar-refractivity contribution in [2.45, 2.75) is 77.7 Å². The molecule has 1 aliphatic carbocycles. The number of aromatic nitrogens is 8. The molecule has 0 radical (unpaired) electrons. The fraction of sp³-hybridized carbons (Fsp3) is 0.481. The third-order valence-corrected chi connectivity index (χ3v) is 6.96. The Labute approximate surface area is 206 Å². The Morgan fingerprint density at radius 3 is 2.66 bits per heavy atom. The number of tetrazole rings is 1. The standard InChI is InChI=1S/C27H34N8/c1-2-3-7-17-35-25(29-24(32-35)18-20-9-5-4-6-10-20)19-21-12-14-22(15-13-21)26-23(11-8-16-28-26)27-30-33-34-31-27/h8,11-16,20H,2-7,9-10,17-19H2,1H3,(H,30,31,33,34). The van der Waals surface area contributed by atoms with Crippen LogP contribution in [0.3, 0.4) is 0 Å². The van der Waals surface area contributed by atoms with E-state index in [-0.39, 0.29) is 0 Å². The van der Waals surface area contributed by atoms with Crippen molar-refractivity contribution in [2.75, 3.05) is 0 Å². The number of aromatic amines is 1. The molecule has 1 fully saturated rings. The molecule has 1 aromatic carbocycles. The Kier molecular flexibility index (Phi) is 7.56. The lowest BCUT2D eigenvalue weighted by atomic mass is 9.87. The van der Waals surface area contributed by atoms with Gasteiger partial charge in [0.05, 0.1) is 5.69 Å². The highest BCUT2D eigenvalue weighted by Crippen LogP contribution is 2.28. The number of rotatable bonds is 10. The molecule has 0 bridgehead atoms. The van der Waals surface area contributed by atoms with Gasteiger partial charge in [-0.3, -0.25) is 4.98 Å². The molecule has 1 saturated carbocycles. The number of nitrogens with one attached hydrogen (secondary N) is 1. The molecule has 1 N–H and O–H groups in total. The summed E-state index contributed by atoms with van der Waals surface area (Å²) in [7, 11) is 0. The normalized spacial score (nSPS) is 14.4. The van der Waals surface area contributed by atoms with E-state index >= 15 is 0 Å². The van der Waals surface area contributed by atoms with Crippen molar-refractivity contribution < 1.29 is 0 Å². The van der Waals surface area contributed by atoms with Gasteiger partial charge in [0.15, 0.2) is 11.6 Å². The second-order valence-electron chi connectivity index (χ2n) is 9.61. The zero-order valence-corrected chi connectivity index (χ0v) is 20.5. The zero-order valence-electron chi connectivity index (χ0n) is 20.5. The van der Waals surface area contributed by atoms with Crippen LogP contribution >= 0.6 is 0 Å². The van der Waals surface area contributed by atoms with Gasteiger partial charge in [-0.25, -0.2) is 14.8 Å². The second-order valence-corrected chi connectivity index (χ2v) is 9.61. The Balaban J connectivity index is 1.34. The van der Waals surface area contributed by atoms with E-state index in [9.17, 15) is 0 Å². The van der Waals surface area contributed by atoms with Gasteiger partial charge in [-0.2, -0.15) is 5.10 Å². The number of benzene rings is 1. The average molecular weight is 471 g/mol. The molecule has 35 heavy (non-hydrogen) atoms. The Bertz CT molecular complexity index is 1190. The number of aryl methyl sites for hydroxylation is 1. The fourth-order valence-electron chi connectivity index (χ4n) is 5.05. The molecule has 3 heterocycles. The van der Waals surface area contributed by atoms with Crippen LogP contribution < -0.4 is 0 Å². The first-order valence-corrected chi connectivity index (χ1v) is 13.0. The minimum Gasteiger partial charge on any atom is -0.255 e. The van der Waals surface area contributed by atoms with Gasteiger partial charge in [-0.05, 0) is 40.5 Å². The lowest BCUT2D eigenvalue weighted by molar-refractivity contribution is 0.351. The van der Waals surface area contributed by atoms with E-state index < -0.39 is 0 Å². The molecule has 8 heteroatoms. The molecule has 0 atom stereocenters. The summed E-state index contributed by atoms with van der Waals surface area (Å²) < 4.78 is 2.16. The molecule has 3 aromatic heterocycles. The smallest absolute Gasteiger partial charge is 0.181 e. The summed E-state index contributed by atoms with van der Waals surface area (Å²) in [6, 6.07) is 12.4. The molecule has 0 amide bonds. The Morgan fingerprint density at radius 2 is 1.89 bits per heavy atom. The van der Waals surface area contributed by atoms with E-state index in [4.69, 9.17) is 10.1 Å². The third kappa shape index (κ3) is 5.81. The average Bonchev–Trinajstić information content (AvgIpc) is 3.56. The quantitative estimate of drug-likeness (QED) is 0.311. The van der Waals surface area contributed by atoms with Gasteiger partial charge in [0.1, 0.15) is 5.82 Å². The van der Waals surface area contributed by atoms with Crippen LogP contribution in [0.15, 0.2) is 42.6 Å². The van der Waals surface area contributed by atoms with Gasteiger partial charge in [-0.15, -0.1) is 5.10 Å². The van der Waals surface area contributed by atoms with E-state index in [0.29, 0.717) is 5.82 Å². The monoisotopic (exact) mass is 470 g/mol. The van der Waals surface area contributed by atoms with Crippen molar-refractivity contribution in [3.05, 3.63) is 59.8 Å². The Morgan fingerprint density at radius 1 is 1.03 bits per heavy atom. The van der Waals surface area contributed by atoms with Crippen LogP contribution in [0, 0.1) is 5.92 Å². The van der Waals surface area contributed by atoms with Crippen LogP contribution in [0.4, 0.5) is 0 Å². The third-order valence-electron chi connectivity index (χ3n) is 6.96. The van der Waals surface area contributed by atoms with Crippen LogP contribution in [-0.2, 0) is 19.4 Å². The number of hydrogen-bond acceptors (Lipinski definition) is 6. The molecular weight excluding hydrogens is 436 g/mol. The molecule has 4 aromatic rings. The van der Waals surface area contributed by atoms with Gasteiger partial charge >= 0.3 is 0 Å². The van der Waals surface area contributed by atoms with E-state index in [1.54, 1.807) is 6.20 Å². The number of pyridine rings is 1. The van der Waals surface area contributed by atoms with Gasteiger partial charge < -0.3 is 0 Å². The van der Waals surface area contributed by atoms with Gasteiger partial charge in [-0.1, -0.05) is 76.1 Å². The number of hydrogen-bond donors (Lipinski definition) is 1. The SMILES string of the molecule is CCCCCn1nc(CC2CCCCC2)nc1Cc1ccc(-c2ncccc2-c2nnn[nH]2)cc1. The van der Waals surface area contributed by atoms with Crippen LogP contribution in [-0.4, -0.2) is 40.4 Å². The Hall–Kier alpha value is -3.42. The highest BCUT2D eigenvalue weighted by atomic mass is 15.5. The first kappa shape index (κ1) is 23.3. The van der Waals surface area contributed by atoms with Crippen LogP contribution in [0.25, 0.3) is 22.6 Å². The van der Waals surface area contributed by atoms with Crippen molar-refractivity contribution in [3.8, 4) is 22.6 Å². The van der Waals surface area contributed by atoms with E-state index in [2.05, 4.69) is 61.5 Å². The first-order chi connectivity index (χ1) is 17.3. The largest absolute Gasteiger partial charge is 0.255 e. The van der Waals surface area contributed by atoms with Gasteiger partial charge in [0, 0.05) is 36.7 Å². The summed E-state index contributed by atoms with van der Waals surface area (Å²) in [5.74, 6) is 3.46. The predicted molar refractivity (Wildman–Crippen MR) is 135 cm³/mol. The summed E-state index contributed by atoms with van der Waals surface area (Å²) in [4.78, 5) is 9.61. The lowest BCUT2D eigenvalue weighted by Crippen LogP contribution is -2.10. The minimum atomic E-state index is 0.614. The molecule has 8 nitrogen and oxygen atoms in total. The van der Waals surface area contributed by atoms with Crippen molar-refractivity contribution in [1.82, 2.24) is 40.4 Å². The van der Waals surface area contributed by atoms with E-state index in [0.717, 1.165) is 60.2 Å². The fourth-order valence-corrected chi connectivity index (χ4v) is 5.05. The highest BCUT2D eigenvalue weighted by Gasteiger charge is 2.18. The predicted octanol–water partition coefficient (Wildman–Crippen LogP) is 5.42. The maximum absolute atomic E-state index is 5.02. The van der Waals surface area contributed by atoms with Crippen molar-refractivity contribution in [1.29, 1.82) is 0 Å². The van der Waals surface area contributed by atoms with Crippen LogP contribution in [0.1, 0.15) is 75.5 Å². The molecule has 0 saturated heterocycles. The highest BCUT2D eigenvalue weighted by molar-refractivity contribution is 5.76. The maximum atomic E-state index is 5.02. The van der Waals surface area contributed by atoms with E-state index in [1.807, 2.05) is 12.1 Å². The van der Waals surface area contributed by atoms with Crippen molar-refractivity contribution >= 4 is 0 Å². The zero-order chi connectivity index (χ0) is 23.9. The summed E-state index contributed by atoms with van der Waals surface area (Å²) >= 11 is 0. The topological polar surface area (TPSA) is 98.1 Å². The molecule has 0 unspecified atom stereocenters. The number of H-pyrrole nitrogens is 1. The summed E-state index contributed by atoms with van der Waals surface area (Å²) in [5.41, 5.74) is 3.99. The summed E-state index contributed by atoms with van der Waals surface area (Å²) in [6.07, 6.45) is 13.9. The van der Waals surface area contributed by atoms with Crippen LogP contribution in [0.2, 0.25) is 0 Å². The molecule has 1 aliphatic rings. The molecule has 182 valence electrons. The molecule has 0 spiro atoms.